The van der Waals surface area contributed by atoms with Crippen LogP contribution in [0.15, 0.2) is 48.5 Å². The molecule has 0 saturated heterocycles. The van der Waals surface area contributed by atoms with E-state index in [1.54, 1.807) is 12.1 Å². The van der Waals surface area contributed by atoms with Crippen molar-refractivity contribution in [2.75, 3.05) is 0 Å². The van der Waals surface area contributed by atoms with E-state index in [9.17, 15) is 19.7 Å². The van der Waals surface area contributed by atoms with Crippen LogP contribution in [0.3, 0.4) is 0 Å². The highest BCUT2D eigenvalue weighted by Crippen LogP contribution is 2.22. The van der Waals surface area contributed by atoms with Gasteiger partial charge in [-0.15, -0.1) is 0 Å². The second-order valence-corrected chi connectivity index (χ2v) is 7.40. The summed E-state index contributed by atoms with van der Waals surface area (Å²) in [5.41, 5.74) is 6.32. The summed E-state index contributed by atoms with van der Waals surface area (Å²) in [4.78, 5) is 34.3. The highest BCUT2D eigenvalue weighted by atomic mass is 32.1. The maximum Gasteiger partial charge on any atom is 0.269 e. The second kappa shape index (κ2) is 8.57. The van der Waals surface area contributed by atoms with Crippen molar-refractivity contribution >= 4 is 34.8 Å². The number of nitrogens with one attached hydrogen (secondary N) is 3. The van der Waals surface area contributed by atoms with Crippen molar-refractivity contribution in [3.8, 4) is 0 Å². The minimum absolute atomic E-state index is 0.0198. The predicted molar refractivity (Wildman–Crippen MR) is 109 cm³/mol. The van der Waals surface area contributed by atoms with Crippen molar-refractivity contribution in [2.24, 2.45) is 0 Å². The van der Waals surface area contributed by atoms with E-state index < -0.39 is 16.7 Å². The van der Waals surface area contributed by atoms with E-state index in [-0.39, 0.29) is 21.8 Å². The number of nitro benzene ring substituents is 1. The summed E-state index contributed by atoms with van der Waals surface area (Å²) in [7, 11) is 0. The molecule has 0 aliphatic rings. The molecule has 0 bridgehead atoms. The molecule has 146 valence electrons. The van der Waals surface area contributed by atoms with Crippen LogP contribution in [0.4, 0.5) is 5.69 Å². The lowest BCUT2D eigenvalue weighted by molar-refractivity contribution is -0.384. The number of rotatable bonds is 3. The molecule has 0 unspecified atom stereocenters. The molecule has 2 aromatic carbocycles. The molecule has 3 N–H and O–H groups in total. The number of benzene rings is 2. The largest absolute Gasteiger partial charge is 0.298 e. The van der Waals surface area contributed by atoms with Crippen molar-refractivity contribution in [2.45, 2.75) is 26.2 Å². The molecule has 0 radical (unpaired) electrons. The van der Waals surface area contributed by atoms with E-state index in [0.29, 0.717) is 5.56 Å². The molecule has 0 heterocycles. The van der Waals surface area contributed by atoms with E-state index in [1.807, 2.05) is 12.1 Å². The lowest BCUT2D eigenvalue weighted by Crippen LogP contribution is -2.48. The van der Waals surface area contributed by atoms with Gasteiger partial charge in [-0.1, -0.05) is 32.9 Å². The summed E-state index contributed by atoms with van der Waals surface area (Å²) in [6.07, 6.45) is 0. The van der Waals surface area contributed by atoms with Crippen molar-refractivity contribution in [1.82, 2.24) is 16.2 Å². The SMILES string of the molecule is CC(C)(C)c1ccc(C(=O)NC(=S)NNC(=O)c2ccc([N+](=O)[O-])cc2)cc1. The van der Waals surface area contributed by atoms with Gasteiger partial charge in [0.25, 0.3) is 17.5 Å². The molecule has 0 spiro atoms. The van der Waals surface area contributed by atoms with Crippen molar-refractivity contribution in [3.05, 3.63) is 75.3 Å². The summed E-state index contributed by atoms with van der Waals surface area (Å²) in [5, 5.41) is 13.0. The van der Waals surface area contributed by atoms with Crippen LogP contribution in [0.5, 0.6) is 0 Å². The summed E-state index contributed by atoms with van der Waals surface area (Å²) in [5.74, 6) is -0.969. The number of hydrogen-bond donors (Lipinski definition) is 3. The smallest absolute Gasteiger partial charge is 0.269 e. The van der Waals surface area contributed by atoms with Gasteiger partial charge in [-0.3, -0.25) is 35.9 Å². The number of hydrogen-bond acceptors (Lipinski definition) is 5. The Morgan fingerprint density at radius 2 is 1.39 bits per heavy atom. The normalized spacial score (nSPS) is 10.7. The first kappa shape index (κ1) is 21.0. The summed E-state index contributed by atoms with van der Waals surface area (Å²) in [6.45, 7) is 6.23. The summed E-state index contributed by atoms with van der Waals surface area (Å²) < 4.78 is 0. The van der Waals surface area contributed by atoms with Gasteiger partial charge in [-0.2, -0.15) is 0 Å². The Morgan fingerprint density at radius 1 is 0.893 bits per heavy atom. The van der Waals surface area contributed by atoms with E-state index in [0.717, 1.165) is 5.56 Å². The van der Waals surface area contributed by atoms with Crippen LogP contribution < -0.4 is 16.2 Å². The number of thiocarbonyl (C=S) groups is 1. The van der Waals surface area contributed by atoms with Gasteiger partial charge in [-0.25, -0.2) is 0 Å². The van der Waals surface area contributed by atoms with Crippen LogP contribution in [-0.2, 0) is 5.41 Å². The first-order valence-corrected chi connectivity index (χ1v) is 8.75. The maximum absolute atomic E-state index is 12.2. The van der Waals surface area contributed by atoms with Gasteiger partial charge in [0.15, 0.2) is 5.11 Å². The third kappa shape index (κ3) is 5.58. The Balaban J connectivity index is 1.88. The zero-order valence-electron chi connectivity index (χ0n) is 15.6. The van der Waals surface area contributed by atoms with Crippen molar-refractivity contribution in [3.63, 3.8) is 0 Å². The molecule has 9 heteroatoms. The average Bonchev–Trinajstić information content (AvgIpc) is 2.65. The topological polar surface area (TPSA) is 113 Å². The first-order chi connectivity index (χ1) is 13.1. The lowest BCUT2D eigenvalue weighted by Gasteiger charge is -2.19. The van der Waals surface area contributed by atoms with Crippen molar-refractivity contribution < 1.29 is 14.5 Å². The zero-order chi connectivity index (χ0) is 20.9. The Bertz CT molecular complexity index is 903. The maximum atomic E-state index is 12.2. The molecule has 0 atom stereocenters. The van der Waals surface area contributed by atoms with Crippen molar-refractivity contribution in [1.29, 1.82) is 0 Å². The minimum Gasteiger partial charge on any atom is -0.298 e. The summed E-state index contributed by atoms with van der Waals surface area (Å²) in [6, 6.07) is 12.2. The molecule has 28 heavy (non-hydrogen) atoms. The van der Waals surface area contributed by atoms with Gasteiger partial charge >= 0.3 is 0 Å². The number of hydrazine groups is 1. The fourth-order valence-corrected chi connectivity index (χ4v) is 2.39. The molecular formula is C19H20N4O4S. The number of carbonyl (C=O) groups excluding carboxylic acids is 2. The standard InChI is InChI=1S/C19H20N4O4S/c1-19(2,3)14-8-4-12(5-9-14)16(24)20-18(28)22-21-17(25)13-6-10-15(11-7-13)23(26)27/h4-11H,1-3H3,(H,21,25)(H2,20,22,24,28). The molecular weight excluding hydrogens is 380 g/mol. The molecule has 0 saturated carbocycles. The highest BCUT2D eigenvalue weighted by Gasteiger charge is 2.15. The van der Waals surface area contributed by atoms with Crippen LogP contribution in [0.1, 0.15) is 47.1 Å². The number of non-ortho nitro benzene ring substituents is 1. The minimum atomic E-state index is -0.557. The Labute approximate surface area is 167 Å². The van der Waals surface area contributed by atoms with Gasteiger partial charge in [-0.05, 0) is 47.5 Å². The van der Waals surface area contributed by atoms with Gasteiger partial charge in [0.05, 0.1) is 4.92 Å². The average molecular weight is 400 g/mol. The van der Waals surface area contributed by atoms with Gasteiger partial charge in [0.2, 0.25) is 0 Å². The molecule has 8 nitrogen and oxygen atoms in total. The number of amides is 2. The predicted octanol–water partition coefficient (Wildman–Crippen LogP) is 2.84. The van der Waals surface area contributed by atoms with Crippen LogP contribution in [0.25, 0.3) is 0 Å². The lowest BCUT2D eigenvalue weighted by atomic mass is 9.87. The molecule has 2 rings (SSSR count). The number of nitro groups is 1. The number of nitrogens with zero attached hydrogens (tertiary/aromatic N) is 1. The highest BCUT2D eigenvalue weighted by molar-refractivity contribution is 7.80. The Kier molecular flexibility index (Phi) is 6.42. The third-order valence-corrected chi connectivity index (χ3v) is 4.07. The molecule has 0 fully saturated rings. The van der Waals surface area contributed by atoms with E-state index in [2.05, 4.69) is 36.9 Å². The Morgan fingerprint density at radius 3 is 1.89 bits per heavy atom. The third-order valence-electron chi connectivity index (χ3n) is 3.87. The molecule has 0 aliphatic heterocycles. The molecule has 0 aromatic heterocycles. The molecule has 2 amide bonds. The van der Waals surface area contributed by atoms with Gasteiger partial charge in [0, 0.05) is 23.3 Å². The van der Waals surface area contributed by atoms with Crippen LogP contribution in [0, 0.1) is 10.1 Å². The number of carbonyl (C=O) groups is 2. The second-order valence-electron chi connectivity index (χ2n) is 6.99. The molecule has 2 aromatic rings. The van der Waals surface area contributed by atoms with Crippen LogP contribution in [0.2, 0.25) is 0 Å². The van der Waals surface area contributed by atoms with E-state index in [4.69, 9.17) is 12.2 Å². The summed E-state index contributed by atoms with van der Waals surface area (Å²) >= 11 is 4.99. The van der Waals surface area contributed by atoms with Gasteiger partial charge < -0.3 is 0 Å². The molecule has 0 aliphatic carbocycles. The van der Waals surface area contributed by atoms with Gasteiger partial charge in [0.1, 0.15) is 0 Å². The first-order valence-electron chi connectivity index (χ1n) is 8.34. The van der Waals surface area contributed by atoms with Crippen LogP contribution in [-0.4, -0.2) is 21.9 Å². The monoisotopic (exact) mass is 400 g/mol. The fraction of sp³-hybridized carbons (Fsp3) is 0.211. The van der Waals surface area contributed by atoms with E-state index >= 15 is 0 Å². The quantitative estimate of drug-likeness (QED) is 0.415. The Hall–Kier alpha value is -3.33. The van der Waals surface area contributed by atoms with E-state index in [1.165, 1.54) is 24.3 Å². The van der Waals surface area contributed by atoms with Crippen LogP contribution >= 0.6 is 12.2 Å². The zero-order valence-corrected chi connectivity index (χ0v) is 16.4. The fourth-order valence-electron chi connectivity index (χ4n) is 2.25.